The molecule has 0 atom stereocenters. The molecular weight excluding hydrogens is 308 g/mol. The Balaban J connectivity index is 2.45. The van der Waals surface area contributed by atoms with E-state index in [1.54, 1.807) is 6.92 Å². The van der Waals surface area contributed by atoms with Gasteiger partial charge in [0, 0.05) is 18.1 Å². The molecular formula is C19H20O5. The Morgan fingerprint density at radius 3 is 2.54 bits per heavy atom. The molecule has 5 heteroatoms. The summed E-state index contributed by atoms with van der Waals surface area (Å²) in [5, 5.41) is 20.0. The van der Waals surface area contributed by atoms with Gasteiger partial charge in [-0.05, 0) is 36.1 Å². The molecule has 2 aromatic carbocycles. The summed E-state index contributed by atoms with van der Waals surface area (Å²) in [4.78, 5) is 22.8. The predicted molar refractivity (Wildman–Crippen MR) is 89.9 cm³/mol. The van der Waals surface area contributed by atoms with Crippen molar-refractivity contribution in [3.8, 4) is 22.6 Å². The Kier molecular flexibility index (Phi) is 5.58. The zero-order valence-electron chi connectivity index (χ0n) is 13.7. The van der Waals surface area contributed by atoms with Gasteiger partial charge < -0.3 is 19.7 Å². The van der Waals surface area contributed by atoms with Crippen LogP contribution >= 0.6 is 0 Å². The lowest BCUT2D eigenvalue weighted by molar-refractivity contribution is -0.139. The van der Waals surface area contributed by atoms with E-state index in [0.29, 0.717) is 29.5 Å². The summed E-state index contributed by atoms with van der Waals surface area (Å²) in [7, 11) is 1.28. The molecule has 0 aliphatic carbocycles. The molecule has 0 saturated heterocycles. The quantitative estimate of drug-likeness (QED) is 0.796. The molecule has 0 heterocycles. The van der Waals surface area contributed by atoms with Crippen LogP contribution in [0.5, 0.6) is 11.5 Å². The van der Waals surface area contributed by atoms with E-state index in [0.717, 1.165) is 5.56 Å². The molecule has 5 nitrogen and oxygen atoms in total. The largest absolute Gasteiger partial charge is 0.508 e. The van der Waals surface area contributed by atoms with Gasteiger partial charge >= 0.3 is 5.97 Å². The number of benzene rings is 2. The Hall–Kier alpha value is -2.82. The minimum atomic E-state index is -0.464. The predicted octanol–water partition coefficient (Wildman–Crippen LogP) is 3.00. The highest BCUT2D eigenvalue weighted by atomic mass is 16.5. The molecule has 126 valence electrons. The molecule has 0 aromatic heterocycles. The number of methoxy groups -OCH3 is 1. The summed E-state index contributed by atoms with van der Waals surface area (Å²) in [5.74, 6) is -0.589. The number of phenols is 2. The second kappa shape index (κ2) is 7.64. The third kappa shape index (κ3) is 4.35. The van der Waals surface area contributed by atoms with Crippen molar-refractivity contribution in [2.75, 3.05) is 7.11 Å². The summed E-state index contributed by atoms with van der Waals surface area (Å²) in [5.41, 5.74) is 2.62. The number of carbonyl (C=O) groups is 2. The van der Waals surface area contributed by atoms with Gasteiger partial charge in [0.1, 0.15) is 17.3 Å². The van der Waals surface area contributed by atoms with Crippen LogP contribution in [0.25, 0.3) is 11.1 Å². The maximum atomic E-state index is 11.6. The molecule has 2 N–H and O–H groups in total. The lowest BCUT2D eigenvalue weighted by Gasteiger charge is -2.13. The number of ketones is 1. The van der Waals surface area contributed by atoms with Gasteiger partial charge in [-0.15, -0.1) is 0 Å². The van der Waals surface area contributed by atoms with Gasteiger partial charge in [0.15, 0.2) is 0 Å². The third-order valence-electron chi connectivity index (χ3n) is 3.73. The second-order valence-corrected chi connectivity index (χ2v) is 5.65. The molecule has 24 heavy (non-hydrogen) atoms. The van der Waals surface area contributed by atoms with Crippen molar-refractivity contribution in [1.29, 1.82) is 0 Å². The van der Waals surface area contributed by atoms with Crippen molar-refractivity contribution in [3.05, 3.63) is 47.5 Å². The smallest absolute Gasteiger partial charge is 0.310 e. The van der Waals surface area contributed by atoms with Crippen LogP contribution in [0.1, 0.15) is 24.5 Å². The Morgan fingerprint density at radius 1 is 1.12 bits per heavy atom. The summed E-state index contributed by atoms with van der Waals surface area (Å²) < 4.78 is 4.67. The van der Waals surface area contributed by atoms with Gasteiger partial charge in [0.25, 0.3) is 0 Å². The number of rotatable bonds is 6. The first-order chi connectivity index (χ1) is 11.4. The molecule has 0 saturated carbocycles. The van der Waals surface area contributed by atoms with Crippen molar-refractivity contribution in [2.45, 2.75) is 26.2 Å². The molecule has 0 unspecified atom stereocenters. The number of ether oxygens (including phenoxy) is 1. The van der Waals surface area contributed by atoms with Crippen LogP contribution in [0.4, 0.5) is 0 Å². The van der Waals surface area contributed by atoms with E-state index in [2.05, 4.69) is 4.74 Å². The van der Waals surface area contributed by atoms with Gasteiger partial charge in [-0.1, -0.05) is 24.3 Å². The van der Waals surface area contributed by atoms with Crippen molar-refractivity contribution < 1.29 is 24.5 Å². The van der Waals surface area contributed by atoms with E-state index >= 15 is 0 Å². The van der Waals surface area contributed by atoms with Gasteiger partial charge in [0.05, 0.1) is 13.5 Å². The zero-order valence-corrected chi connectivity index (χ0v) is 13.7. The summed E-state index contributed by atoms with van der Waals surface area (Å²) in [6.45, 7) is 1.55. The molecule has 0 aliphatic rings. The van der Waals surface area contributed by atoms with E-state index in [1.165, 1.54) is 19.2 Å². The third-order valence-corrected chi connectivity index (χ3v) is 3.73. The Labute approximate surface area is 140 Å². The maximum absolute atomic E-state index is 11.6. The number of aryl methyl sites for hydroxylation is 1. The maximum Gasteiger partial charge on any atom is 0.310 e. The van der Waals surface area contributed by atoms with Gasteiger partial charge in [-0.3, -0.25) is 4.79 Å². The van der Waals surface area contributed by atoms with Crippen LogP contribution in [-0.2, 0) is 27.2 Å². The highest BCUT2D eigenvalue weighted by Gasteiger charge is 2.16. The lowest BCUT2D eigenvalue weighted by Crippen LogP contribution is -2.06. The van der Waals surface area contributed by atoms with Crippen molar-refractivity contribution >= 4 is 11.8 Å². The zero-order chi connectivity index (χ0) is 17.7. The average molecular weight is 328 g/mol. The second-order valence-electron chi connectivity index (χ2n) is 5.65. The van der Waals surface area contributed by atoms with Crippen LogP contribution in [0.2, 0.25) is 0 Å². The van der Waals surface area contributed by atoms with Crippen LogP contribution in [0.3, 0.4) is 0 Å². The Morgan fingerprint density at radius 2 is 1.88 bits per heavy atom. The van der Waals surface area contributed by atoms with E-state index in [-0.39, 0.29) is 23.7 Å². The molecule has 0 bridgehead atoms. The minimum Gasteiger partial charge on any atom is -0.508 e. The molecule has 2 aromatic rings. The van der Waals surface area contributed by atoms with Crippen molar-refractivity contribution in [2.24, 2.45) is 0 Å². The number of hydrogen-bond acceptors (Lipinski definition) is 5. The molecule has 2 rings (SSSR count). The summed E-state index contributed by atoms with van der Waals surface area (Å²) >= 11 is 0. The fourth-order valence-corrected chi connectivity index (χ4v) is 2.57. The van der Waals surface area contributed by atoms with Crippen LogP contribution in [0, 0.1) is 0 Å². The molecule has 0 fully saturated rings. The van der Waals surface area contributed by atoms with E-state index in [9.17, 15) is 19.8 Å². The molecule has 0 aliphatic heterocycles. The fourth-order valence-electron chi connectivity index (χ4n) is 2.57. The number of hydrogen-bond donors (Lipinski definition) is 2. The van der Waals surface area contributed by atoms with E-state index < -0.39 is 5.97 Å². The van der Waals surface area contributed by atoms with E-state index in [1.807, 2.05) is 24.3 Å². The normalized spacial score (nSPS) is 10.4. The van der Waals surface area contributed by atoms with Crippen LogP contribution in [0.15, 0.2) is 36.4 Å². The molecule has 0 amide bonds. The van der Waals surface area contributed by atoms with E-state index in [4.69, 9.17) is 0 Å². The number of aromatic hydroxyl groups is 2. The average Bonchev–Trinajstić information content (AvgIpc) is 2.52. The summed E-state index contributed by atoms with van der Waals surface area (Å²) in [6.07, 6.45) is 0.986. The van der Waals surface area contributed by atoms with Crippen molar-refractivity contribution in [3.63, 3.8) is 0 Å². The summed E-state index contributed by atoms with van der Waals surface area (Å²) in [6, 6.07) is 10.1. The first-order valence-electron chi connectivity index (χ1n) is 7.61. The SMILES string of the molecule is COC(=O)Cc1cc(O)cc(O)c1-c1cccc(CCC(C)=O)c1. The van der Waals surface area contributed by atoms with Crippen LogP contribution < -0.4 is 0 Å². The monoisotopic (exact) mass is 328 g/mol. The van der Waals surface area contributed by atoms with Crippen LogP contribution in [-0.4, -0.2) is 29.1 Å². The number of esters is 1. The van der Waals surface area contributed by atoms with Gasteiger partial charge in [-0.2, -0.15) is 0 Å². The standard InChI is InChI=1S/C19H20O5/c1-12(20)6-7-13-4-3-5-14(8-13)19-15(10-18(23)24-2)9-16(21)11-17(19)22/h3-5,8-9,11,21-22H,6-7,10H2,1-2H3. The lowest BCUT2D eigenvalue weighted by atomic mass is 9.94. The first-order valence-corrected chi connectivity index (χ1v) is 7.61. The minimum absolute atomic E-state index is 0.0640. The first kappa shape index (κ1) is 17.5. The number of phenolic OH excluding ortho intramolecular Hbond substituents is 2. The Bertz CT molecular complexity index is 764. The fraction of sp³-hybridized carbons (Fsp3) is 0.263. The topological polar surface area (TPSA) is 83.8 Å². The highest BCUT2D eigenvalue weighted by molar-refractivity contribution is 5.82. The van der Waals surface area contributed by atoms with Gasteiger partial charge in [0.2, 0.25) is 0 Å². The number of carbonyl (C=O) groups excluding carboxylic acids is 2. The molecule has 0 spiro atoms. The number of Topliss-reactive ketones (excluding diaryl/α,β-unsaturated/α-hetero) is 1. The highest BCUT2D eigenvalue weighted by Crippen LogP contribution is 2.37. The van der Waals surface area contributed by atoms with Gasteiger partial charge in [-0.25, -0.2) is 0 Å². The molecule has 0 radical (unpaired) electrons. The van der Waals surface area contributed by atoms with Crippen molar-refractivity contribution in [1.82, 2.24) is 0 Å².